The lowest BCUT2D eigenvalue weighted by Gasteiger charge is -2.26. The van der Waals surface area contributed by atoms with Gasteiger partial charge in [-0.1, -0.05) is 0 Å². The number of Topliss-reactive ketones (excluding diaryl/α,β-unsaturated/α-hetero) is 1. The van der Waals surface area contributed by atoms with Crippen LogP contribution in [0.1, 0.15) is 22.0 Å². The Labute approximate surface area is 156 Å². The number of hydrogen-bond acceptors (Lipinski definition) is 5. The van der Waals surface area contributed by atoms with Crippen LogP contribution in [0.15, 0.2) is 42.5 Å². The maximum Gasteiger partial charge on any atom is 0.194 e. The van der Waals surface area contributed by atoms with Gasteiger partial charge in [-0.15, -0.1) is 0 Å². The molecule has 2 rings (SSSR count). The van der Waals surface area contributed by atoms with Gasteiger partial charge in [0, 0.05) is 11.6 Å². The zero-order valence-electron chi connectivity index (χ0n) is 16.2. The fourth-order valence-electron chi connectivity index (χ4n) is 2.51. The van der Waals surface area contributed by atoms with Crippen LogP contribution in [-0.4, -0.2) is 35.4 Å². The van der Waals surface area contributed by atoms with Gasteiger partial charge in [-0.05, 0) is 61.6 Å². The number of ketones is 1. The summed E-state index contributed by atoms with van der Waals surface area (Å²) in [7, 11) is 2.76. The van der Waals surface area contributed by atoms with Crippen LogP contribution in [0.25, 0.3) is 0 Å². The number of methoxy groups -OCH3 is 3. The van der Waals surface area contributed by atoms with Gasteiger partial charge in [0.2, 0.25) is 0 Å². The first-order valence-corrected chi connectivity index (χ1v) is 11.8. The normalized spacial score (nSPS) is 12.4. The van der Waals surface area contributed by atoms with E-state index in [2.05, 4.69) is 19.6 Å². The number of rotatable bonds is 8. The van der Waals surface area contributed by atoms with Gasteiger partial charge >= 0.3 is 0 Å². The Hall–Kier alpha value is -2.31. The van der Waals surface area contributed by atoms with Crippen molar-refractivity contribution in [1.29, 1.82) is 0 Å². The molecule has 0 saturated carbocycles. The molecule has 0 aliphatic heterocycles. The molecule has 0 saturated heterocycles. The molecule has 0 amide bonds. The average Bonchev–Trinajstić information content (AvgIpc) is 2.64. The SMILES string of the molecule is COc1ccc(C(=O)C(O[Si](C)(C)C)c2cc(OC)cc(OC)c2)cc1. The highest BCUT2D eigenvalue weighted by molar-refractivity contribution is 6.69. The summed E-state index contributed by atoms with van der Waals surface area (Å²) >= 11 is 0. The van der Waals surface area contributed by atoms with Crippen LogP contribution in [0.2, 0.25) is 19.6 Å². The van der Waals surface area contributed by atoms with Crippen LogP contribution in [-0.2, 0) is 4.43 Å². The van der Waals surface area contributed by atoms with E-state index in [1.807, 2.05) is 12.1 Å². The predicted molar refractivity (Wildman–Crippen MR) is 104 cm³/mol. The van der Waals surface area contributed by atoms with Crippen molar-refractivity contribution < 1.29 is 23.4 Å². The van der Waals surface area contributed by atoms with Gasteiger partial charge in [0.1, 0.15) is 23.4 Å². The van der Waals surface area contributed by atoms with Gasteiger partial charge in [-0.2, -0.15) is 0 Å². The number of ether oxygens (including phenoxy) is 3. The molecular formula is C20H26O5Si. The fraction of sp³-hybridized carbons (Fsp3) is 0.350. The van der Waals surface area contributed by atoms with Crippen LogP contribution in [0.4, 0.5) is 0 Å². The summed E-state index contributed by atoms with van der Waals surface area (Å²) in [5, 5.41) is 0. The second kappa shape index (κ2) is 8.38. The van der Waals surface area contributed by atoms with E-state index >= 15 is 0 Å². The number of carbonyl (C=O) groups is 1. The lowest BCUT2D eigenvalue weighted by molar-refractivity contribution is 0.0779. The molecule has 140 valence electrons. The Morgan fingerprint density at radius 3 is 1.73 bits per heavy atom. The summed E-state index contributed by atoms with van der Waals surface area (Å²) in [5.74, 6) is 1.83. The fourth-order valence-corrected chi connectivity index (χ4v) is 3.46. The Morgan fingerprint density at radius 1 is 0.808 bits per heavy atom. The molecule has 1 unspecified atom stereocenters. The zero-order valence-corrected chi connectivity index (χ0v) is 17.2. The van der Waals surface area contributed by atoms with E-state index < -0.39 is 14.4 Å². The first-order valence-electron chi connectivity index (χ1n) is 8.36. The zero-order chi connectivity index (χ0) is 19.3. The minimum absolute atomic E-state index is 0.106. The molecule has 6 heteroatoms. The van der Waals surface area contributed by atoms with Gasteiger partial charge in [-0.25, -0.2) is 0 Å². The van der Waals surface area contributed by atoms with Gasteiger partial charge < -0.3 is 18.6 Å². The molecule has 0 aliphatic carbocycles. The Bertz CT molecular complexity index is 728. The monoisotopic (exact) mass is 374 g/mol. The Morgan fingerprint density at radius 2 is 1.31 bits per heavy atom. The van der Waals surface area contributed by atoms with Gasteiger partial charge in [0.05, 0.1) is 21.3 Å². The lowest BCUT2D eigenvalue weighted by atomic mass is 9.99. The van der Waals surface area contributed by atoms with E-state index in [0.717, 1.165) is 0 Å². The van der Waals surface area contributed by atoms with Crippen LogP contribution in [0, 0.1) is 0 Å². The van der Waals surface area contributed by atoms with Crippen molar-refractivity contribution in [2.45, 2.75) is 25.7 Å². The van der Waals surface area contributed by atoms with Crippen molar-refractivity contribution in [2.24, 2.45) is 0 Å². The molecule has 2 aromatic carbocycles. The highest BCUT2D eigenvalue weighted by atomic mass is 28.4. The highest BCUT2D eigenvalue weighted by Gasteiger charge is 2.30. The van der Waals surface area contributed by atoms with Crippen LogP contribution < -0.4 is 14.2 Å². The first-order chi connectivity index (χ1) is 12.3. The second-order valence-electron chi connectivity index (χ2n) is 6.85. The third-order valence-corrected chi connectivity index (χ3v) is 4.70. The van der Waals surface area contributed by atoms with E-state index in [1.165, 1.54) is 0 Å². The summed E-state index contributed by atoms with van der Waals surface area (Å²) in [6.45, 7) is 6.16. The molecule has 26 heavy (non-hydrogen) atoms. The lowest BCUT2D eigenvalue weighted by Crippen LogP contribution is -2.31. The maximum atomic E-state index is 13.2. The number of hydrogen-bond donors (Lipinski definition) is 0. The van der Waals surface area contributed by atoms with Gasteiger partial charge in [-0.3, -0.25) is 4.79 Å². The van der Waals surface area contributed by atoms with Crippen molar-refractivity contribution in [2.75, 3.05) is 21.3 Å². The largest absolute Gasteiger partial charge is 0.497 e. The third kappa shape index (κ3) is 5.09. The predicted octanol–water partition coefficient (Wildman–Crippen LogP) is 4.49. The molecule has 0 N–H and O–H groups in total. The molecule has 0 radical (unpaired) electrons. The molecule has 5 nitrogen and oxygen atoms in total. The van der Waals surface area contributed by atoms with Crippen molar-refractivity contribution >= 4 is 14.1 Å². The van der Waals surface area contributed by atoms with Gasteiger partial charge in [0.15, 0.2) is 14.1 Å². The molecule has 0 fully saturated rings. The van der Waals surface area contributed by atoms with E-state index in [9.17, 15) is 4.79 Å². The quantitative estimate of drug-likeness (QED) is 0.503. The van der Waals surface area contributed by atoms with E-state index in [0.29, 0.717) is 28.4 Å². The van der Waals surface area contributed by atoms with Crippen LogP contribution in [0.3, 0.4) is 0 Å². The minimum atomic E-state index is -2.00. The van der Waals surface area contributed by atoms with Crippen LogP contribution >= 0.6 is 0 Å². The standard InChI is InChI=1S/C20H26O5Si/c1-22-16-9-7-14(8-10-16)19(21)20(25-26(4,5)6)15-11-17(23-2)13-18(12-15)24-3/h7-13,20H,1-6H3. The molecular weight excluding hydrogens is 348 g/mol. The third-order valence-electron chi connectivity index (χ3n) is 3.76. The molecule has 0 aromatic heterocycles. The molecule has 0 spiro atoms. The van der Waals surface area contributed by atoms with E-state index in [-0.39, 0.29) is 5.78 Å². The summed E-state index contributed by atoms with van der Waals surface area (Å²) in [4.78, 5) is 13.2. The first kappa shape index (κ1) is 20.0. The topological polar surface area (TPSA) is 54.0 Å². The number of carbonyl (C=O) groups excluding carboxylic acids is 1. The van der Waals surface area contributed by atoms with E-state index in [4.69, 9.17) is 18.6 Å². The second-order valence-corrected chi connectivity index (χ2v) is 11.3. The molecule has 1 atom stereocenters. The van der Waals surface area contributed by atoms with Crippen molar-refractivity contribution in [1.82, 2.24) is 0 Å². The Kier molecular flexibility index (Phi) is 6.45. The molecule has 0 bridgehead atoms. The average molecular weight is 375 g/mol. The summed E-state index contributed by atoms with van der Waals surface area (Å²) in [5.41, 5.74) is 1.28. The smallest absolute Gasteiger partial charge is 0.194 e. The minimum Gasteiger partial charge on any atom is -0.497 e. The molecule has 2 aromatic rings. The number of benzene rings is 2. The van der Waals surface area contributed by atoms with Crippen LogP contribution in [0.5, 0.6) is 17.2 Å². The molecule has 0 heterocycles. The van der Waals surface area contributed by atoms with Crippen molar-refractivity contribution in [3.8, 4) is 17.2 Å². The maximum absolute atomic E-state index is 13.2. The summed E-state index contributed by atoms with van der Waals surface area (Å²) < 4.78 is 22.1. The van der Waals surface area contributed by atoms with Crippen molar-refractivity contribution in [3.63, 3.8) is 0 Å². The van der Waals surface area contributed by atoms with E-state index in [1.54, 1.807) is 51.7 Å². The van der Waals surface area contributed by atoms with Crippen molar-refractivity contribution in [3.05, 3.63) is 53.6 Å². The summed E-state index contributed by atoms with van der Waals surface area (Å²) in [6.07, 6.45) is -0.723. The molecule has 0 aliphatic rings. The Balaban J connectivity index is 2.47. The van der Waals surface area contributed by atoms with Gasteiger partial charge in [0.25, 0.3) is 0 Å². The summed E-state index contributed by atoms with van der Waals surface area (Å²) in [6, 6.07) is 12.4. The highest BCUT2D eigenvalue weighted by Crippen LogP contribution is 2.32.